The predicted octanol–water partition coefficient (Wildman–Crippen LogP) is 4.00. The van der Waals surface area contributed by atoms with Gasteiger partial charge in [-0.2, -0.15) is 5.06 Å². The third kappa shape index (κ3) is 6.08. The molecular weight excluding hydrogens is 296 g/mol. The molecule has 7 nitrogen and oxygen atoms in total. The summed E-state index contributed by atoms with van der Waals surface area (Å²) in [6.45, 7) is 14.8. The second kappa shape index (κ2) is 8.61. The lowest BCUT2D eigenvalue weighted by Crippen LogP contribution is -2.60. The highest BCUT2D eigenvalue weighted by Crippen LogP contribution is 2.30. The van der Waals surface area contributed by atoms with Gasteiger partial charge in [-0.3, -0.25) is 4.48 Å². The summed E-state index contributed by atoms with van der Waals surface area (Å²) in [6.07, 6.45) is 2.56. The zero-order valence-electron chi connectivity index (χ0n) is 15.7. The predicted molar refractivity (Wildman–Crippen MR) is 93.2 cm³/mol. The van der Waals surface area contributed by atoms with Crippen molar-refractivity contribution in [2.24, 2.45) is 10.4 Å². The van der Waals surface area contributed by atoms with E-state index in [-0.39, 0.29) is 5.54 Å². The molecule has 0 N–H and O–H groups in total. The summed E-state index contributed by atoms with van der Waals surface area (Å²) in [5, 5.41) is 7.32. The van der Waals surface area contributed by atoms with Gasteiger partial charge in [0, 0.05) is 25.4 Å². The molecule has 0 heterocycles. The van der Waals surface area contributed by atoms with Gasteiger partial charge in [-0.05, 0) is 50.5 Å². The Morgan fingerprint density at radius 1 is 1.22 bits per heavy atom. The molecule has 1 unspecified atom stereocenters. The largest absolute Gasteiger partial charge is 0.274 e. The molecule has 0 aliphatic carbocycles. The van der Waals surface area contributed by atoms with E-state index in [1.165, 1.54) is 0 Å². The number of rotatable bonds is 11. The minimum atomic E-state index is -1.02. The molecule has 1 atom stereocenters. The Labute approximate surface area is 140 Å². The Bertz CT molecular complexity index is 399. The molecule has 0 spiro atoms. The third-order valence-corrected chi connectivity index (χ3v) is 4.45. The zero-order chi connectivity index (χ0) is 18.3. The highest BCUT2D eigenvalue weighted by Gasteiger charge is 2.43. The van der Waals surface area contributed by atoms with Crippen molar-refractivity contribution in [2.75, 3.05) is 20.6 Å². The number of hydrogen-bond acceptors (Lipinski definition) is 6. The average Bonchev–Trinajstić information content (AvgIpc) is 2.48. The molecule has 0 bridgehead atoms. The van der Waals surface area contributed by atoms with Crippen LogP contribution in [0.25, 0.3) is 0 Å². The first kappa shape index (κ1) is 21.8. The van der Waals surface area contributed by atoms with Crippen LogP contribution in [-0.4, -0.2) is 47.6 Å². The molecule has 0 saturated carbocycles. The normalized spacial score (nSPS) is 15.5. The minimum absolute atomic E-state index is 0.226. The molecule has 23 heavy (non-hydrogen) atoms. The van der Waals surface area contributed by atoms with Gasteiger partial charge in [0.1, 0.15) is 0 Å². The van der Waals surface area contributed by atoms with Crippen LogP contribution in [0.1, 0.15) is 53.9 Å². The van der Waals surface area contributed by atoms with Crippen molar-refractivity contribution in [3.8, 4) is 0 Å². The molecule has 0 aromatic heterocycles. The van der Waals surface area contributed by atoms with Crippen LogP contribution in [0.2, 0.25) is 0 Å². The van der Waals surface area contributed by atoms with Gasteiger partial charge in [0.05, 0.1) is 20.3 Å². The van der Waals surface area contributed by atoms with Crippen LogP contribution in [0, 0.1) is 9.81 Å². The summed E-state index contributed by atoms with van der Waals surface area (Å²) in [5.74, 6) is 0. The van der Waals surface area contributed by atoms with Crippen molar-refractivity contribution in [1.82, 2.24) is 5.06 Å². The van der Waals surface area contributed by atoms with E-state index < -0.39 is 11.9 Å². The van der Waals surface area contributed by atoms with Crippen molar-refractivity contribution in [3.63, 3.8) is 0 Å². The highest BCUT2D eigenvalue weighted by atomic mass is 16.7. The van der Waals surface area contributed by atoms with Crippen LogP contribution < -0.4 is 0 Å². The molecule has 0 amide bonds. The molecule has 7 heteroatoms. The quantitative estimate of drug-likeness (QED) is 0.248. The Kier molecular flexibility index (Phi) is 8.17. The number of hydroxylamine groups is 2. The fourth-order valence-electron chi connectivity index (χ4n) is 2.07. The second-order valence-electron chi connectivity index (χ2n) is 7.45. The zero-order valence-corrected chi connectivity index (χ0v) is 15.7. The Morgan fingerprint density at radius 3 is 2.09 bits per heavy atom. The summed E-state index contributed by atoms with van der Waals surface area (Å²) in [5.41, 5.74) is -0.698. The molecule has 0 aliphatic rings. The smallest absolute Gasteiger partial charge is 0.222 e. The van der Waals surface area contributed by atoms with E-state index in [4.69, 9.17) is 4.84 Å². The lowest BCUT2D eigenvalue weighted by Gasteiger charge is -2.47. The molecule has 0 radical (unpaired) electrons. The van der Waals surface area contributed by atoms with E-state index in [1.807, 2.05) is 25.4 Å². The van der Waals surface area contributed by atoms with E-state index in [9.17, 15) is 9.81 Å². The lowest BCUT2D eigenvalue weighted by atomic mass is 10.1. The van der Waals surface area contributed by atoms with Gasteiger partial charge < -0.3 is 0 Å². The van der Waals surface area contributed by atoms with Crippen LogP contribution in [0.3, 0.4) is 0 Å². The monoisotopic (exact) mass is 329 g/mol. The molecule has 0 aliphatic heterocycles. The molecular formula is C16H33N4O3+. The summed E-state index contributed by atoms with van der Waals surface area (Å²) >= 11 is 0. The summed E-state index contributed by atoms with van der Waals surface area (Å²) in [6, 6.07) is 0. The SMILES string of the molecule is C=C[N+](C)(C)C(C)(CC)ON(CCCC(N=O)N=O)C(C)(C)C. The number of nitroso groups, excluding NO2 is 2. The van der Waals surface area contributed by atoms with E-state index in [0.717, 1.165) is 6.42 Å². The Hall–Kier alpha value is -1.18. The Morgan fingerprint density at radius 2 is 1.74 bits per heavy atom. The summed E-state index contributed by atoms with van der Waals surface area (Å²) in [4.78, 5) is 27.3. The van der Waals surface area contributed by atoms with Crippen molar-refractivity contribution >= 4 is 0 Å². The first-order valence-corrected chi connectivity index (χ1v) is 8.06. The van der Waals surface area contributed by atoms with E-state index >= 15 is 0 Å². The lowest BCUT2D eigenvalue weighted by molar-refractivity contribution is -0.929. The van der Waals surface area contributed by atoms with Crippen molar-refractivity contribution in [1.29, 1.82) is 0 Å². The topological polar surface area (TPSA) is 71.3 Å². The van der Waals surface area contributed by atoms with Crippen LogP contribution >= 0.6 is 0 Å². The fraction of sp³-hybridized carbons (Fsp3) is 0.875. The highest BCUT2D eigenvalue weighted by molar-refractivity contribution is 4.74. The maximum Gasteiger partial charge on any atom is 0.222 e. The van der Waals surface area contributed by atoms with Crippen LogP contribution in [0.5, 0.6) is 0 Å². The number of hydrogen-bond donors (Lipinski definition) is 0. The van der Waals surface area contributed by atoms with Crippen LogP contribution in [-0.2, 0) is 4.84 Å². The van der Waals surface area contributed by atoms with Crippen molar-refractivity contribution in [2.45, 2.75) is 71.3 Å². The maximum atomic E-state index is 10.5. The first-order chi connectivity index (χ1) is 10.5. The van der Waals surface area contributed by atoms with Crippen LogP contribution in [0.15, 0.2) is 23.1 Å². The van der Waals surface area contributed by atoms with Gasteiger partial charge in [-0.25, -0.2) is 4.84 Å². The van der Waals surface area contributed by atoms with Gasteiger partial charge >= 0.3 is 0 Å². The minimum Gasteiger partial charge on any atom is -0.274 e. The molecule has 0 aromatic rings. The van der Waals surface area contributed by atoms with Gasteiger partial charge in [0.2, 0.25) is 11.9 Å². The molecule has 0 saturated heterocycles. The number of nitrogens with zero attached hydrogens (tertiary/aromatic N) is 4. The fourth-order valence-corrected chi connectivity index (χ4v) is 2.07. The molecule has 134 valence electrons. The summed E-state index contributed by atoms with van der Waals surface area (Å²) in [7, 11) is 4.08. The van der Waals surface area contributed by atoms with Gasteiger partial charge in [-0.15, -0.1) is 9.81 Å². The van der Waals surface area contributed by atoms with Gasteiger partial charge in [0.25, 0.3) is 0 Å². The molecule has 0 rings (SSSR count). The maximum absolute atomic E-state index is 10.5. The molecule has 0 aromatic carbocycles. The van der Waals surface area contributed by atoms with Crippen LogP contribution in [0.4, 0.5) is 0 Å². The van der Waals surface area contributed by atoms with Crippen molar-refractivity contribution < 1.29 is 9.32 Å². The first-order valence-electron chi connectivity index (χ1n) is 8.06. The van der Waals surface area contributed by atoms with E-state index in [1.54, 1.807) is 0 Å². The van der Waals surface area contributed by atoms with Gasteiger partial charge in [0.15, 0.2) is 0 Å². The third-order valence-electron chi connectivity index (χ3n) is 4.45. The van der Waals surface area contributed by atoms with E-state index in [0.29, 0.717) is 23.9 Å². The second-order valence-corrected chi connectivity index (χ2v) is 7.45. The Balaban J connectivity index is 5.09. The number of quaternary nitrogens is 1. The molecule has 0 fully saturated rings. The standard InChI is InChI=1S/C16H33N4O3/c1-9-16(6,20(7,8)10-2)23-19(15(3,4)5)13-11-12-14(17-21)18-22/h10,14H,2,9,11-13H2,1,3-8H3/q+1. The van der Waals surface area contributed by atoms with E-state index in [2.05, 4.69) is 51.6 Å². The summed E-state index contributed by atoms with van der Waals surface area (Å²) < 4.78 is 0.504. The van der Waals surface area contributed by atoms with Gasteiger partial charge in [-0.1, -0.05) is 6.92 Å². The van der Waals surface area contributed by atoms with Crippen molar-refractivity contribution in [3.05, 3.63) is 22.6 Å². The average molecular weight is 329 g/mol.